The molecule has 0 saturated carbocycles. The molecule has 0 aromatic carbocycles. The van der Waals surface area contributed by atoms with Crippen molar-refractivity contribution in [2.45, 2.75) is 51.7 Å². The summed E-state index contributed by atoms with van der Waals surface area (Å²) in [6, 6.07) is 0. The molecule has 0 bridgehead atoms. The molecule has 1 aliphatic rings. The second-order valence-corrected chi connectivity index (χ2v) is 4.68. The highest BCUT2D eigenvalue weighted by atomic mass is 16.5. The fourth-order valence-electron chi connectivity index (χ4n) is 1.15. The topological polar surface area (TPSA) is 58.6 Å². The monoisotopic (exact) mass is 217 g/mol. The zero-order chi connectivity index (χ0) is 11.7. The Balaban J connectivity index is 0.000000265. The number of hydrogen-bond acceptors (Lipinski definition) is 4. The average Bonchev–Trinajstić information content (AvgIpc) is 2.31. The standard InChI is InChI=1S/C6H13NO.C5H10O2/c8-6-3-1-2-4-7-5-6;1-5(2,3)7-4-6/h6-8H,1-5H2;4H,1-3H3. The summed E-state index contributed by atoms with van der Waals surface area (Å²) < 4.78 is 4.55. The lowest BCUT2D eigenvalue weighted by atomic mass is 10.2. The van der Waals surface area contributed by atoms with E-state index in [2.05, 4.69) is 10.1 Å². The number of aliphatic hydroxyl groups excluding tert-OH is 1. The molecule has 1 fully saturated rings. The van der Waals surface area contributed by atoms with E-state index in [1.807, 2.05) is 20.8 Å². The molecule has 1 rings (SSSR count). The lowest BCUT2D eigenvalue weighted by molar-refractivity contribution is -0.138. The Bertz CT molecular complexity index is 158. The molecule has 0 spiro atoms. The summed E-state index contributed by atoms with van der Waals surface area (Å²) in [5, 5.41) is 12.2. The molecule has 4 nitrogen and oxygen atoms in total. The molecule has 1 heterocycles. The highest BCUT2D eigenvalue weighted by Gasteiger charge is 2.07. The minimum absolute atomic E-state index is 0.0856. The first-order chi connectivity index (χ1) is 6.95. The Kier molecular flexibility index (Phi) is 7.34. The number of aliphatic hydroxyl groups is 1. The van der Waals surface area contributed by atoms with Gasteiger partial charge >= 0.3 is 0 Å². The van der Waals surface area contributed by atoms with Gasteiger partial charge in [-0.2, -0.15) is 0 Å². The molecule has 0 aliphatic carbocycles. The van der Waals surface area contributed by atoms with Gasteiger partial charge in [-0.15, -0.1) is 0 Å². The molecular formula is C11H23NO3. The first kappa shape index (κ1) is 14.4. The number of ether oxygens (including phenoxy) is 1. The predicted octanol–water partition coefficient (Wildman–Crippen LogP) is 1.08. The molecule has 0 amide bonds. The first-order valence-corrected chi connectivity index (χ1v) is 5.46. The fraction of sp³-hybridized carbons (Fsp3) is 0.909. The summed E-state index contributed by atoms with van der Waals surface area (Å²) >= 11 is 0. The van der Waals surface area contributed by atoms with Crippen LogP contribution in [0.4, 0.5) is 0 Å². The van der Waals surface area contributed by atoms with E-state index < -0.39 is 0 Å². The summed E-state index contributed by atoms with van der Waals surface area (Å²) in [7, 11) is 0. The molecule has 1 saturated heterocycles. The van der Waals surface area contributed by atoms with Gasteiger partial charge in [-0.1, -0.05) is 0 Å². The van der Waals surface area contributed by atoms with Crippen molar-refractivity contribution in [2.24, 2.45) is 0 Å². The van der Waals surface area contributed by atoms with Crippen LogP contribution in [0.2, 0.25) is 0 Å². The molecule has 0 aromatic heterocycles. The van der Waals surface area contributed by atoms with E-state index in [0.717, 1.165) is 19.5 Å². The fourth-order valence-corrected chi connectivity index (χ4v) is 1.15. The van der Waals surface area contributed by atoms with Crippen LogP contribution in [-0.4, -0.2) is 36.4 Å². The van der Waals surface area contributed by atoms with Crippen LogP contribution in [0.3, 0.4) is 0 Å². The number of nitrogens with one attached hydrogen (secondary N) is 1. The predicted molar refractivity (Wildman–Crippen MR) is 59.6 cm³/mol. The van der Waals surface area contributed by atoms with E-state index in [1.54, 1.807) is 0 Å². The Labute approximate surface area is 92.0 Å². The van der Waals surface area contributed by atoms with Crippen molar-refractivity contribution in [2.75, 3.05) is 13.1 Å². The smallest absolute Gasteiger partial charge is 0.293 e. The lowest BCUT2D eigenvalue weighted by Gasteiger charge is -2.14. The van der Waals surface area contributed by atoms with Crippen LogP contribution >= 0.6 is 0 Å². The first-order valence-electron chi connectivity index (χ1n) is 5.46. The Morgan fingerprint density at radius 2 is 2.07 bits per heavy atom. The van der Waals surface area contributed by atoms with E-state index in [-0.39, 0.29) is 11.7 Å². The molecule has 90 valence electrons. The molecule has 0 radical (unpaired) electrons. The maximum atomic E-state index is 9.60. The van der Waals surface area contributed by atoms with Crippen molar-refractivity contribution in [3.63, 3.8) is 0 Å². The van der Waals surface area contributed by atoms with Crippen LogP contribution in [-0.2, 0) is 9.53 Å². The second kappa shape index (κ2) is 7.65. The van der Waals surface area contributed by atoms with Crippen LogP contribution in [0, 0.1) is 0 Å². The number of carbonyl (C=O) groups is 1. The highest BCUT2D eigenvalue weighted by molar-refractivity contribution is 5.37. The van der Waals surface area contributed by atoms with Crippen molar-refractivity contribution < 1.29 is 14.6 Å². The highest BCUT2D eigenvalue weighted by Crippen LogP contribution is 2.03. The third-order valence-corrected chi connectivity index (χ3v) is 1.92. The largest absolute Gasteiger partial charge is 0.462 e. The minimum Gasteiger partial charge on any atom is -0.462 e. The Hall–Kier alpha value is -0.610. The molecule has 2 N–H and O–H groups in total. The van der Waals surface area contributed by atoms with E-state index in [4.69, 9.17) is 5.11 Å². The second-order valence-electron chi connectivity index (χ2n) is 4.68. The molecule has 4 heteroatoms. The van der Waals surface area contributed by atoms with Crippen molar-refractivity contribution in [1.82, 2.24) is 5.32 Å². The van der Waals surface area contributed by atoms with Gasteiger partial charge in [0, 0.05) is 6.54 Å². The summed E-state index contributed by atoms with van der Waals surface area (Å²) in [4.78, 5) is 9.60. The van der Waals surface area contributed by atoms with Crippen LogP contribution in [0.5, 0.6) is 0 Å². The normalized spacial score (nSPS) is 22.0. The van der Waals surface area contributed by atoms with Gasteiger partial charge in [0.2, 0.25) is 0 Å². The summed E-state index contributed by atoms with van der Waals surface area (Å²) in [6.45, 7) is 7.79. The van der Waals surface area contributed by atoms with Gasteiger partial charge in [-0.3, -0.25) is 4.79 Å². The maximum Gasteiger partial charge on any atom is 0.293 e. The van der Waals surface area contributed by atoms with Gasteiger partial charge in [-0.05, 0) is 46.6 Å². The van der Waals surface area contributed by atoms with Crippen molar-refractivity contribution in [3.8, 4) is 0 Å². The molecular weight excluding hydrogens is 194 g/mol. The average molecular weight is 217 g/mol. The lowest BCUT2D eigenvalue weighted by Crippen LogP contribution is -2.23. The van der Waals surface area contributed by atoms with E-state index >= 15 is 0 Å². The van der Waals surface area contributed by atoms with Crippen molar-refractivity contribution in [1.29, 1.82) is 0 Å². The van der Waals surface area contributed by atoms with Gasteiger partial charge in [0.05, 0.1) is 6.10 Å². The van der Waals surface area contributed by atoms with Gasteiger partial charge in [0.15, 0.2) is 0 Å². The van der Waals surface area contributed by atoms with Gasteiger partial charge < -0.3 is 15.2 Å². The molecule has 1 unspecified atom stereocenters. The SMILES string of the molecule is CC(C)(C)OC=O.OC1CCCCNC1. The molecule has 1 atom stereocenters. The van der Waals surface area contributed by atoms with Crippen molar-refractivity contribution in [3.05, 3.63) is 0 Å². The number of carbonyl (C=O) groups excluding carboxylic acids is 1. The van der Waals surface area contributed by atoms with Crippen molar-refractivity contribution >= 4 is 6.47 Å². The van der Waals surface area contributed by atoms with Gasteiger partial charge in [0.25, 0.3) is 6.47 Å². The molecule has 15 heavy (non-hydrogen) atoms. The van der Waals surface area contributed by atoms with Crippen LogP contribution in [0.25, 0.3) is 0 Å². The van der Waals surface area contributed by atoms with Crippen LogP contribution in [0.1, 0.15) is 40.0 Å². The van der Waals surface area contributed by atoms with E-state index in [0.29, 0.717) is 6.47 Å². The summed E-state index contributed by atoms with van der Waals surface area (Å²) in [5.74, 6) is 0. The quantitative estimate of drug-likeness (QED) is 0.645. The molecule has 0 aromatic rings. The summed E-state index contributed by atoms with van der Waals surface area (Å²) in [6.07, 6.45) is 3.29. The zero-order valence-corrected chi connectivity index (χ0v) is 9.95. The van der Waals surface area contributed by atoms with E-state index in [9.17, 15) is 4.79 Å². The zero-order valence-electron chi connectivity index (χ0n) is 9.95. The van der Waals surface area contributed by atoms with Crippen LogP contribution in [0.15, 0.2) is 0 Å². The number of rotatable bonds is 1. The van der Waals surface area contributed by atoms with Gasteiger partial charge in [0.1, 0.15) is 5.60 Å². The molecule has 1 aliphatic heterocycles. The number of β-amino-alcohol motifs (C(OH)–C–C–N with tert-alkyl or cyclic N) is 1. The summed E-state index contributed by atoms with van der Waals surface area (Å²) in [5.41, 5.74) is -0.318. The van der Waals surface area contributed by atoms with E-state index in [1.165, 1.54) is 12.8 Å². The minimum atomic E-state index is -0.318. The Morgan fingerprint density at radius 3 is 2.53 bits per heavy atom. The Morgan fingerprint density at radius 1 is 1.40 bits per heavy atom. The third-order valence-electron chi connectivity index (χ3n) is 1.92. The number of hydrogen-bond donors (Lipinski definition) is 2. The third kappa shape index (κ3) is 11.3. The van der Waals surface area contributed by atoms with Crippen LogP contribution < -0.4 is 5.32 Å². The van der Waals surface area contributed by atoms with Gasteiger partial charge in [-0.25, -0.2) is 0 Å². The maximum absolute atomic E-state index is 9.60.